The van der Waals surface area contributed by atoms with Gasteiger partial charge in [0.15, 0.2) is 0 Å². The van der Waals surface area contributed by atoms with Gasteiger partial charge in [0.2, 0.25) is 0 Å². The maximum atomic E-state index is 12.5. The molecule has 1 aliphatic heterocycles. The van der Waals surface area contributed by atoms with Crippen molar-refractivity contribution in [2.45, 2.75) is 11.3 Å². The molecule has 0 saturated carbocycles. The van der Waals surface area contributed by atoms with E-state index in [1.165, 1.54) is 0 Å². The first-order valence-corrected chi connectivity index (χ1v) is 8.32. The van der Waals surface area contributed by atoms with Crippen LogP contribution in [0.3, 0.4) is 0 Å². The van der Waals surface area contributed by atoms with E-state index in [2.05, 4.69) is 9.82 Å². The molecule has 1 aromatic carbocycles. The van der Waals surface area contributed by atoms with Crippen LogP contribution >= 0.6 is 0 Å². The number of nitrogens with zero attached hydrogens (tertiary/aromatic N) is 2. The molecule has 112 valence electrons. The maximum absolute atomic E-state index is 12.5. The van der Waals surface area contributed by atoms with Crippen LogP contribution in [0.1, 0.15) is 5.56 Å². The van der Waals surface area contributed by atoms with Crippen molar-refractivity contribution in [3.05, 3.63) is 54.4 Å². The number of fused-ring (bicyclic) bond motifs is 2. The predicted octanol–water partition coefficient (Wildman–Crippen LogP) is 2.07. The quantitative estimate of drug-likeness (QED) is 0.803. The van der Waals surface area contributed by atoms with E-state index in [9.17, 15) is 8.42 Å². The standard InChI is InChI=1S/C15H13N3O3S/c19-22(20,14-1-2-15-11(9-14)5-8-21-15)17-12-4-7-18-13(10-12)3-6-16-18/h1-4,6-7,9-10,17H,5,8H2. The molecule has 4 rings (SSSR count). The molecule has 3 heterocycles. The van der Waals surface area contributed by atoms with Gasteiger partial charge in [0, 0.05) is 18.8 Å². The lowest BCUT2D eigenvalue weighted by atomic mass is 10.2. The van der Waals surface area contributed by atoms with Crippen molar-refractivity contribution >= 4 is 21.2 Å². The van der Waals surface area contributed by atoms with Gasteiger partial charge in [0.05, 0.1) is 22.7 Å². The van der Waals surface area contributed by atoms with Crippen LogP contribution in [0.25, 0.3) is 5.52 Å². The van der Waals surface area contributed by atoms with Crippen LogP contribution in [0.15, 0.2) is 53.7 Å². The molecule has 3 aromatic rings. The molecule has 0 unspecified atom stereocenters. The second kappa shape index (κ2) is 4.74. The van der Waals surface area contributed by atoms with Crippen LogP contribution in [0.2, 0.25) is 0 Å². The molecule has 1 N–H and O–H groups in total. The van der Waals surface area contributed by atoms with E-state index in [1.807, 2.05) is 6.07 Å². The van der Waals surface area contributed by atoms with E-state index in [0.29, 0.717) is 12.3 Å². The minimum atomic E-state index is -3.62. The molecule has 1 aliphatic rings. The zero-order valence-corrected chi connectivity index (χ0v) is 12.4. The SMILES string of the molecule is O=S(=O)(Nc1ccn2nccc2c1)c1ccc2c(c1)CCO2. The van der Waals surface area contributed by atoms with Gasteiger partial charge in [-0.3, -0.25) is 4.72 Å². The predicted molar refractivity (Wildman–Crippen MR) is 81.6 cm³/mol. The van der Waals surface area contributed by atoms with Gasteiger partial charge < -0.3 is 4.74 Å². The van der Waals surface area contributed by atoms with E-state index in [1.54, 1.807) is 47.2 Å². The number of benzene rings is 1. The van der Waals surface area contributed by atoms with Crippen LogP contribution in [-0.2, 0) is 16.4 Å². The van der Waals surface area contributed by atoms with E-state index in [4.69, 9.17) is 4.74 Å². The van der Waals surface area contributed by atoms with E-state index in [0.717, 1.165) is 23.3 Å². The lowest BCUT2D eigenvalue weighted by molar-refractivity contribution is 0.356. The van der Waals surface area contributed by atoms with E-state index < -0.39 is 10.0 Å². The van der Waals surface area contributed by atoms with Gasteiger partial charge in [-0.25, -0.2) is 12.9 Å². The first-order valence-electron chi connectivity index (χ1n) is 6.84. The Labute approximate surface area is 127 Å². The summed E-state index contributed by atoms with van der Waals surface area (Å²) in [6.07, 6.45) is 4.11. The highest BCUT2D eigenvalue weighted by molar-refractivity contribution is 7.92. The van der Waals surface area contributed by atoms with Crippen molar-refractivity contribution in [2.75, 3.05) is 11.3 Å². The van der Waals surface area contributed by atoms with Crippen molar-refractivity contribution in [1.29, 1.82) is 0 Å². The first kappa shape index (κ1) is 13.1. The number of hydrogen-bond donors (Lipinski definition) is 1. The molecule has 0 spiro atoms. The Morgan fingerprint density at radius 1 is 1.18 bits per heavy atom. The Balaban J connectivity index is 1.68. The lowest BCUT2D eigenvalue weighted by Crippen LogP contribution is -2.13. The highest BCUT2D eigenvalue weighted by Crippen LogP contribution is 2.28. The maximum Gasteiger partial charge on any atom is 0.261 e. The van der Waals surface area contributed by atoms with E-state index in [-0.39, 0.29) is 4.90 Å². The zero-order valence-electron chi connectivity index (χ0n) is 11.6. The zero-order chi connectivity index (χ0) is 15.2. The number of aromatic nitrogens is 2. The van der Waals surface area contributed by atoms with Gasteiger partial charge in [-0.2, -0.15) is 5.10 Å². The Morgan fingerprint density at radius 3 is 3.00 bits per heavy atom. The van der Waals surface area contributed by atoms with Crippen LogP contribution in [0.5, 0.6) is 5.75 Å². The summed E-state index contributed by atoms with van der Waals surface area (Å²) in [5.74, 6) is 0.764. The molecule has 0 radical (unpaired) electrons. The molecule has 0 atom stereocenters. The number of ether oxygens (including phenoxy) is 1. The lowest BCUT2D eigenvalue weighted by Gasteiger charge is -2.09. The number of hydrogen-bond acceptors (Lipinski definition) is 4. The van der Waals surface area contributed by atoms with Gasteiger partial charge in [0.25, 0.3) is 10.0 Å². The third kappa shape index (κ3) is 2.19. The van der Waals surface area contributed by atoms with E-state index >= 15 is 0 Å². The summed E-state index contributed by atoms with van der Waals surface area (Å²) in [7, 11) is -3.62. The van der Waals surface area contributed by atoms with Crippen LogP contribution in [0, 0.1) is 0 Å². The average molecular weight is 315 g/mol. The largest absolute Gasteiger partial charge is 0.493 e. The average Bonchev–Trinajstić information content (AvgIpc) is 3.14. The molecule has 0 amide bonds. The van der Waals surface area contributed by atoms with Crippen molar-refractivity contribution in [2.24, 2.45) is 0 Å². The summed E-state index contributed by atoms with van der Waals surface area (Å²) >= 11 is 0. The highest BCUT2D eigenvalue weighted by Gasteiger charge is 2.19. The number of nitrogens with one attached hydrogen (secondary N) is 1. The summed E-state index contributed by atoms with van der Waals surface area (Å²) in [6, 6.07) is 10.2. The summed E-state index contributed by atoms with van der Waals surface area (Å²) in [4.78, 5) is 0.241. The second-order valence-corrected chi connectivity index (χ2v) is 6.77. The van der Waals surface area contributed by atoms with Gasteiger partial charge in [0.1, 0.15) is 5.75 Å². The Kier molecular flexibility index (Phi) is 2.83. The van der Waals surface area contributed by atoms with Crippen LogP contribution < -0.4 is 9.46 Å². The first-order chi connectivity index (χ1) is 10.6. The molecule has 0 fully saturated rings. The highest BCUT2D eigenvalue weighted by atomic mass is 32.2. The normalized spacial score (nSPS) is 13.8. The van der Waals surface area contributed by atoms with Gasteiger partial charge in [-0.15, -0.1) is 0 Å². The third-order valence-corrected chi connectivity index (χ3v) is 5.00. The molecule has 22 heavy (non-hydrogen) atoms. The molecule has 0 aliphatic carbocycles. The smallest absolute Gasteiger partial charge is 0.261 e. The molecular formula is C15H13N3O3S. The second-order valence-electron chi connectivity index (χ2n) is 5.09. The van der Waals surface area contributed by atoms with Crippen molar-refractivity contribution in [3.63, 3.8) is 0 Å². The molecular weight excluding hydrogens is 302 g/mol. The fraction of sp³-hybridized carbons (Fsp3) is 0.133. The summed E-state index contributed by atoms with van der Waals surface area (Å²) in [5.41, 5.74) is 2.25. The van der Waals surface area contributed by atoms with Crippen LogP contribution in [0.4, 0.5) is 5.69 Å². The monoisotopic (exact) mass is 315 g/mol. The summed E-state index contributed by atoms with van der Waals surface area (Å²) in [5, 5.41) is 4.08. The summed E-state index contributed by atoms with van der Waals surface area (Å²) in [6.45, 7) is 0.601. The van der Waals surface area contributed by atoms with Gasteiger partial charge in [-0.05, 0) is 42.0 Å². The number of pyridine rings is 1. The third-order valence-electron chi connectivity index (χ3n) is 3.62. The Morgan fingerprint density at radius 2 is 2.09 bits per heavy atom. The molecule has 6 nitrogen and oxygen atoms in total. The fourth-order valence-corrected chi connectivity index (χ4v) is 3.63. The van der Waals surface area contributed by atoms with Crippen LogP contribution in [-0.4, -0.2) is 24.6 Å². The summed E-state index contributed by atoms with van der Waals surface area (Å²) < 4.78 is 34.7. The van der Waals surface area contributed by atoms with Gasteiger partial charge >= 0.3 is 0 Å². The number of anilines is 1. The topological polar surface area (TPSA) is 72.7 Å². The van der Waals surface area contributed by atoms with Crippen molar-refractivity contribution in [1.82, 2.24) is 9.61 Å². The minimum Gasteiger partial charge on any atom is -0.493 e. The Bertz CT molecular complexity index is 963. The Hall–Kier alpha value is -2.54. The molecule has 2 aromatic heterocycles. The van der Waals surface area contributed by atoms with Gasteiger partial charge in [-0.1, -0.05) is 0 Å². The number of rotatable bonds is 3. The molecule has 0 saturated heterocycles. The minimum absolute atomic E-state index is 0.241. The number of sulfonamides is 1. The van der Waals surface area contributed by atoms with Crippen molar-refractivity contribution in [3.8, 4) is 5.75 Å². The molecule has 7 heteroatoms. The fourth-order valence-electron chi connectivity index (χ4n) is 2.53. The van der Waals surface area contributed by atoms with Crippen molar-refractivity contribution < 1.29 is 13.2 Å². The molecule has 0 bridgehead atoms.